The number of anilines is 1. The first-order valence-corrected chi connectivity index (χ1v) is 11.5. The van der Waals surface area contributed by atoms with Crippen molar-refractivity contribution in [1.29, 1.82) is 0 Å². The molecular formula is C24H28FN7O3. The summed E-state index contributed by atoms with van der Waals surface area (Å²) in [4.78, 5) is 37.4. The lowest BCUT2D eigenvalue weighted by molar-refractivity contribution is 0.0272. The van der Waals surface area contributed by atoms with Crippen molar-refractivity contribution in [3.63, 3.8) is 0 Å². The molecule has 184 valence electrons. The number of ether oxygens (including phenoxy) is 1. The van der Waals surface area contributed by atoms with E-state index in [-0.39, 0.29) is 19.0 Å². The van der Waals surface area contributed by atoms with Gasteiger partial charge < -0.3 is 20.3 Å². The van der Waals surface area contributed by atoms with Gasteiger partial charge in [0.2, 0.25) is 0 Å². The summed E-state index contributed by atoms with van der Waals surface area (Å²) >= 11 is 0. The second-order valence-electron chi connectivity index (χ2n) is 10.1. The van der Waals surface area contributed by atoms with Gasteiger partial charge in [0.25, 0.3) is 5.91 Å². The Bertz CT molecular complexity index is 1330. The number of pyridine rings is 1. The van der Waals surface area contributed by atoms with Gasteiger partial charge in [-0.05, 0) is 45.4 Å². The van der Waals surface area contributed by atoms with Crippen molar-refractivity contribution >= 4 is 23.3 Å². The van der Waals surface area contributed by atoms with Crippen LogP contribution in [0.4, 0.5) is 15.0 Å². The number of amides is 2. The zero-order chi connectivity index (χ0) is 25.1. The molecule has 3 aromatic heterocycles. The largest absolute Gasteiger partial charge is 0.444 e. The molecule has 0 unspecified atom stereocenters. The van der Waals surface area contributed by atoms with Crippen LogP contribution in [-0.2, 0) is 11.2 Å². The van der Waals surface area contributed by atoms with Gasteiger partial charge in [-0.3, -0.25) is 9.78 Å². The molecule has 0 aromatic carbocycles. The van der Waals surface area contributed by atoms with Gasteiger partial charge >= 0.3 is 6.09 Å². The van der Waals surface area contributed by atoms with E-state index in [1.807, 2.05) is 13.0 Å². The number of rotatable bonds is 2. The molecule has 11 heteroatoms. The highest BCUT2D eigenvalue weighted by atomic mass is 19.1. The Kier molecular flexibility index (Phi) is 5.37. The van der Waals surface area contributed by atoms with Gasteiger partial charge in [-0.15, -0.1) is 0 Å². The number of nitrogen functional groups attached to an aromatic ring is 1. The lowest BCUT2D eigenvalue weighted by Gasteiger charge is -2.34. The summed E-state index contributed by atoms with van der Waals surface area (Å²) in [5, 5.41) is 4.31. The molecule has 2 amide bonds. The SMILES string of the molecule is Cc1cc(-c2cnc3c(c2)C(=O)N([C@@H]2CN(C(=O)OC(C)(C)C)C[C@@H]2F)CC3)n2ncnc(N)c12. The summed E-state index contributed by atoms with van der Waals surface area (Å²) in [7, 11) is 0. The smallest absolute Gasteiger partial charge is 0.410 e. The third-order valence-corrected chi connectivity index (χ3v) is 6.39. The molecule has 0 radical (unpaired) electrons. The molecule has 5 rings (SSSR count). The average molecular weight is 482 g/mol. The number of halogens is 1. The van der Waals surface area contributed by atoms with E-state index in [9.17, 15) is 9.59 Å². The average Bonchev–Trinajstić information content (AvgIpc) is 3.34. The minimum absolute atomic E-state index is 0.0863. The number of carbonyl (C=O) groups excluding carboxylic acids is 2. The van der Waals surface area contributed by atoms with E-state index in [1.54, 1.807) is 37.5 Å². The Morgan fingerprint density at radius 3 is 2.74 bits per heavy atom. The molecule has 1 saturated heterocycles. The van der Waals surface area contributed by atoms with E-state index in [1.165, 1.54) is 16.1 Å². The number of aryl methyl sites for hydroxylation is 1. The summed E-state index contributed by atoms with van der Waals surface area (Å²) < 4.78 is 22.1. The van der Waals surface area contributed by atoms with Crippen molar-refractivity contribution in [3.05, 3.63) is 41.5 Å². The first-order chi connectivity index (χ1) is 16.5. The number of fused-ring (bicyclic) bond motifs is 2. The quantitative estimate of drug-likeness (QED) is 0.598. The minimum atomic E-state index is -1.36. The predicted molar refractivity (Wildman–Crippen MR) is 127 cm³/mol. The number of hydrogen-bond acceptors (Lipinski definition) is 7. The van der Waals surface area contributed by atoms with Crippen LogP contribution in [0, 0.1) is 6.92 Å². The van der Waals surface area contributed by atoms with Crippen LogP contribution in [0.5, 0.6) is 0 Å². The molecule has 5 heterocycles. The van der Waals surface area contributed by atoms with E-state index in [4.69, 9.17) is 10.5 Å². The van der Waals surface area contributed by atoms with E-state index in [2.05, 4.69) is 15.1 Å². The van der Waals surface area contributed by atoms with Crippen molar-refractivity contribution in [3.8, 4) is 11.3 Å². The molecule has 2 aliphatic rings. The Morgan fingerprint density at radius 1 is 1.23 bits per heavy atom. The highest BCUT2D eigenvalue weighted by Crippen LogP contribution is 2.31. The first kappa shape index (κ1) is 23.0. The van der Waals surface area contributed by atoms with Crippen LogP contribution < -0.4 is 5.73 Å². The van der Waals surface area contributed by atoms with Gasteiger partial charge in [0, 0.05) is 31.3 Å². The van der Waals surface area contributed by atoms with Crippen LogP contribution in [0.2, 0.25) is 0 Å². The maximum Gasteiger partial charge on any atom is 0.410 e. The fraction of sp³-hybridized carbons (Fsp3) is 0.458. The van der Waals surface area contributed by atoms with Crippen LogP contribution in [0.15, 0.2) is 24.7 Å². The fourth-order valence-corrected chi connectivity index (χ4v) is 4.79. The van der Waals surface area contributed by atoms with E-state index in [0.29, 0.717) is 41.1 Å². The topological polar surface area (TPSA) is 119 Å². The van der Waals surface area contributed by atoms with E-state index >= 15 is 4.39 Å². The lowest BCUT2D eigenvalue weighted by atomic mass is 9.99. The molecule has 0 saturated carbocycles. The number of hydrogen-bond donors (Lipinski definition) is 1. The number of carbonyl (C=O) groups is 2. The molecule has 35 heavy (non-hydrogen) atoms. The molecule has 0 spiro atoms. The zero-order valence-corrected chi connectivity index (χ0v) is 20.2. The molecule has 2 aliphatic heterocycles. The Hall–Kier alpha value is -3.76. The van der Waals surface area contributed by atoms with Gasteiger partial charge in [-0.1, -0.05) is 0 Å². The lowest BCUT2D eigenvalue weighted by Crippen LogP contribution is -2.49. The molecule has 2 atom stereocenters. The van der Waals surface area contributed by atoms with Crippen LogP contribution in [-0.4, -0.2) is 78.8 Å². The summed E-state index contributed by atoms with van der Waals surface area (Å²) in [6, 6.07) is 2.95. The molecule has 0 bridgehead atoms. The number of aromatic nitrogens is 4. The summed E-state index contributed by atoms with van der Waals surface area (Å²) in [6.07, 6.45) is 1.65. The predicted octanol–water partition coefficient (Wildman–Crippen LogP) is 2.64. The number of nitrogens with zero attached hydrogens (tertiary/aromatic N) is 6. The maximum absolute atomic E-state index is 15.0. The van der Waals surface area contributed by atoms with Crippen molar-refractivity contribution < 1.29 is 18.7 Å². The standard InChI is InChI=1S/C24H28FN7O3/c1-13-7-18(32-20(13)21(26)28-12-29-32)14-8-15-17(27-9-14)5-6-31(22(15)33)19-11-30(10-16(19)25)23(34)35-24(2,3)4/h7-9,12,16,19H,5-6,10-11H2,1-4H3,(H2,26,28,29)/t16-,19+/m0/s1. The second kappa shape index (κ2) is 8.17. The van der Waals surface area contributed by atoms with Gasteiger partial charge in [0.05, 0.1) is 29.5 Å². The highest BCUT2D eigenvalue weighted by Gasteiger charge is 2.43. The van der Waals surface area contributed by atoms with Gasteiger partial charge in [-0.25, -0.2) is 18.7 Å². The van der Waals surface area contributed by atoms with Crippen LogP contribution in [0.3, 0.4) is 0 Å². The Labute approximate surface area is 201 Å². The van der Waals surface area contributed by atoms with Gasteiger partial charge in [0.15, 0.2) is 5.82 Å². The number of nitrogens with two attached hydrogens (primary N) is 1. The third kappa shape index (κ3) is 4.04. The number of likely N-dealkylation sites (tertiary alicyclic amines) is 1. The van der Waals surface area contributed by atoms with E-state index < -0.39 is 23.9 Å². The summed E-state index contributed by atoms with van der Waals surface area (Å²) in [5.41, 5.74) is 9.45. The van der Waals surface area contributed by atoms with E-state index in [0.717, 1.165) is 11.3 Å². The van der Waals surface area contributed by atoms with Gasteiger partial charge in [-0.2, -0.15) is 5.10 Å². The van der Waals surface area contributed by atoms with Crippen molar-refractivity contribution in [2.24, 2.45) is 0 Å². The maximum atomic E-state index is 15.0. The Balaban J connectivity index is 1.43. The summed E-state index contributed by atoms with van der Waals surface area (Å²) in [6.45, 7) is 7.51. The monoisotopic (exact) mass is 481 g/mol. The molecular weight excluding hydrogens is 453 g/mol. The third-order valence-electron chi connectivity index (χ3n) is 6.39. The van der Waals surface area contributed by atoms with Crippen molar-refractivity contribution in [2.45, 2.75) is 51.9 Å². The van der Waals surface area contributed by atoms with Crippen LogP contribution in [0.25, 0.3) is 16.8 Å². The van der Waals surface area contributed by atoms with Crippen LogP contribution >= 0.6 is 0 Å². The van der Waals surface area contributed by atoms with Gasteiger partial charge in [0.1, 0.15) is 23.6 Å². The highest BCUT2D eigenvalue weighted by molar-refractivity contribution is 5.98. The van der Waals surface area contributed by atoms with Crippen molar-refractivity contribution in [1.82, 2.24) is 29.4 Å². The Morgan fingerprint density at radius 2 is 2.00 bits per heavy atom. The second-order valence-corrected chi connectivity index (χ2v) is 10.1. The summed E-state index contributed by atoms with van der Waals surface area (Å²) in [5.74, 6) is 0.0627. The molecule has 2 N–H and O–H groups in total. The molecule has 3 aromatic rings. The zero-order valence-electron chi connectivity index (χ0n) is 20.2. The molecule has 0 aliphatic carbocycles. The minimum Gasteiger partial charge on any atom is -0.444 e. The van der Waals surface area contributed by atoms with Crippen molar-refractivity contribution in [2.75, 3.05) is 25.4 Å². The molecule has 10 nitrogen and oxygen atoms in total. The number of alkyl halides is 1. The normalized spacial score (nSPS) is 20.4. The fourth-order valence-electron chi connectivity index (χ4n) is 4.79. The molecule has 1 fully saturated rings. The first-order valence-electron chi connectivity index (χ1n) is 11.5. The van der Waals surface area contributed by atoms with Crippen LogP contribution in [0.1, 0.15) is 42.4 Å².